The summed E-state index contributed by atoms with van der Waals surface area (Å²) >= 11 is 0. The maximum absolute atomic E-state index is 11.7. The van der Waals surface area contributed by atoms with Gasteiger partial charge in [-0.05, 0) is 6.42 Å². The molecular formula is C21H43NO4S. The number of unbranched alkanes of at least 4 members (excludes halogenated alkanes) is 14. The zero-order valence-electron chi connectivity index (χ0n) is 17.8. The Kier molecular flexibility index (Phi) is 18.6. The lowest BCUT2D eigenvalue weighted by Gasteiger charge is -2.04. The normalized spacial score (nSPS) is 11.8. The third-order valence-electron chi connectivity index (χ3n) is 4.90. The lowest BCUT2D eigenvalue weighted by Crippen LogP contribution is -2.20. The van der Waals surface area contributed by atoms with Crippen LogP contribution in [0.1, 0.15) is 116 Å². The van der Waals surface area contributed by atoms with Crippen LogP contribution >= 0.6 is 0 Å². The minimum absolute atomic E-state index is 0.00738. The van der Waals surface area contributed by atoms with Crippen molar-refractivity contribution < 1.29 is 17.5 Å². The van der Waals surface area contributed by atoms with Crippen LogP contribution in [-0.2, 0) is 19.2 Å². The number of rotatable bonds is 21. The molecule has 0 atom stereocenters. The first-order valence-electron chi connectivity index (χ1n) is 11.1. The SMILES string of the molecule is CCCCCCCCCCCCCCCCCC(=O)CCS(=O)(=O)ONC. The highest BCUT2D eigenvalue weighted by atomic mass is 32.2. The van der Waals surface area contributed by atoms with Crippen LogP contribution in [0, 0.1) is 0 Å². The van der Waals surface area contributed by atoms with E-state index in [4.69, 9.17) is 0 Å². The van der Waals surface area contributed by atoms with Gasteiger partial charge in [-0.2, -0.15) is 18.2 Å². The number of carbonyl (C=O) groups excluding carboxylic acids is 1. The third kappa shape index (κ3) is 20.1. The fourth-order valence-corrected chi connectivity index (χ4v) is 4.04. The van der Waals surface area contributed by atoms with Gasteiger partial charge in [-0.25, -0.2) is 0 Å². The van der Waals surface area contributed by atoms with Crippen LogP contribution in [0.25, 0.3) is 0 Å². The minimum Gasteiger partial charge on any atom is -0.300 e. The van der Waals surface area contributed by atoms with E-state index in [1.165, 1.54) is 90.5 Å². The number of hydroxylamine groups is 1. The number of ketones is 1. The standard InChI is InChI=1S/C21H43NO4S/c1-3-4-5-6-7-8-9-10-11-12-13-14-15-16-17-18-21(23)19-20-27(24,25)26-22-2/h22H,3-20H2,1-2H3. The lowest BCUT2D eigenvalue weighted by atomic mass is 10.0. The molecule has 0 aromatic heterocycles. The van der Waals surface area contributed by atoms with Crippen LogP contribution in [-0.4, -0.2) is 27.0 Å². The van der Waals surface area contributed by atoms with Crippen LogP contribution in [0.15, 0.2) is 0 Å². The van der Waals surface area contributed by atoms with E-state index in [-0.39, 0.29) is 18.0 Å². The summed E-state index contributed by atoms with van der Waals surface area (Å²) in [7, 11) is -2.23. The minimum atomic E-state index is -3.62. The second-order valence-electron chi connectivity index (χ2n) is 7.54. The number of hydrogen-bond donors (Lipinski definition) is 1. The lowest BCUT2D eigenvalue weighted by molar-refractivity contribution is -0.118. The van der Waals surface area contributed by atoms with Crippen molar-refractivity contribution in [2.24, 2.45) is 0 Å². The van der Waals surface area contributed by atoms with Crippen LogP contribution in [0.5, 0.6) is 0 Å². The monoisotopic (exact) mass is 405 g/mol. The molecule has 0 heterocycles. The Morgan fingerprint density at radius 2 is 1.11 bits per heavy atom. The molecule has 5 nitrogen and oxygen atoms in total. The maximum Gasteiger partial charge on any atom is 0.283 e. The summed E-state index contributed by atoms with van der Waals surface area (Å²) in [4.78, 5) is 11.7. The van der Waals surface area contributed by atoms with Crippen molar-refractivity contribution in [2.45, 2.75) is 116 Å². The van der Waals surface area contributed by atoms with Crippen LogP contribution < -0.4 is 5.48 Å². The summed E-state index contributed by atoms with van der Waals surface area (Å²) in [5.41, 5.74) is 2.13. The fourth-order valence-electron chi connectivity index (χ4n) is 3.23. The predicted molar refractivity (Wildman–Crippen MR) is 113 cm³/mol. The first kappa shape index (κ1) is 26.5. The Morgan fingerprint density at radius 1 is 0.704 bits per heavy atom. The molecule has 0 unspecified atom stereocenters. The molecule has 0 saturated heterocycles. The molecule has 0 radical (unpaired) electrons. The molecule has 1 N–H and O–H groups in total. The van der Waals surface area contributed by atoms with Gasteiger partial charge in [0.1, 0.15) is 5.78 Å². The van der Waals surface area contributed by atoms with Crippen LogP contribution in [0.2, 0.25) is 0 Å². The highest BCUT2D eigenvalue weighted by Crippen LogP contribution is 2.14. The highest BCUT2D eigenvalue weighted by molar-refractivity contribution is 7.86. The number of hydrogen-bond acceptors (Lipinski definition) is 5. The Balaban J connectivity index is 3.27. The second kappa shape index (κ2) is 18.9. The molecule has 6 heteroatoms. The average Bonchev–Trinajstić information content (AvgIpc) is 2.63. The Morgan fingerprint density at radius 3 is 1.52 bits per heavy atom. The van der Waals surface area contributed by atoms with Gasteiger partial charge in [-0.3, -0.25) is 4.79 Å². The number of nitrogens with one attached hydrogen (secondary N) is 1. The topological polar surface area (TPSA) is 72.5 Å². The van der Waals surface area contributed by atoms with E-state index in [9.17, 15) is 13.2 Å². The Labute approximate surface area is 168 Å². The largest absolute Gasteiger partial charge is 0.300 e. The third-order valence-corrected chi connectivity index (χ3v) is 6.03. The van der Waals surface area contributed by atoms with E-state index < -0.39 is 10.1 Å². The molecular weight excluding hydrogens is 362 g/mol. The summed E-state index contributed by atoms with van der Waals surface area (Å²) in [6.45, 7) is 2.26. The molecule has 0 aliphatic heterocycles. The summed E-state index contributed by atoms with van der Waals surface area (Å²) in [6, 6.07) is 0. The van der Waals surface area contributed by atoms with Gasteiger partial charge in [-0.15, -0.1) is 0 Å². The quantitative estimate of drug-likeness (QED) is 0.196. The summed E-state index contributed by atoms with van der Waals surface area (Å²) in [5.74, 6) is -0.237. The fraction of sp³-hybridized carbons (Fsp3) is 0.952. The smallest absolute Gasteiger partial charge is 0.283 e. The zero-order chi connectivity index (χ0) is 20.2. The van der Waals surface area contributed by atoms with Gasteiger partial charge in [0, 0.05) is 19.9 Å². The molecule has 0 rings (SSSR count). The predicted octanol–water partition coefficient (Wildman–Crippen LogP) is 5.69. The molecule has 0 aliphatic carbocycles. The van der Waals surface area contributed by atoms with Crippen molar-refractivity contribution >= 4 is 15.9 Å². The second-order valence-corrected chi connectivity index (χ2v) is 9.23. The van der Waals surface area contributed by atoms with E-state index in [0.717, 1.165) is 12.8 Å². The van der Waals surface area contributed by atoms with Crippen molar-refractivity contribution in [3.8, 4) is 0 Å². The van der Waals surface area contributed by atoms with Crippen molar-refractivity contribution in [1.82, 2.24) is 5.48 Å². The summed E-state index contributed by atoms with van der Waals surface area (Å²) in [5, 5.41) is 0. The van der Waals surface area contributed by atoms with Crippen LogP contribution in [0.4, 0.5) is 0 Å². The summed E-state index contributed by atoms with van der Waals surface area (Å²) in [6.07, 6.45) is 20.0. The zero-order valence-corrected chi connectivity index (χ0v) is 18.6. The van der Waals surface area contributed by atoms with Crippen molar-refractivity contribution in [2.75, 3.05) is 12.8 Å². The number of Topliss-reactive ketones (excluding diaryl/α,β-unsaturated/α-hetero) is 1. The first-order valence-corrected chi connectivity index (χ1v) is 12.7. The van der Waals surface area contributed by atoms with E-state index in [1.54, 1.807) is 0 Å². The summed E-state index contributed by atoms with van der Waals surface area (Å²) < 4.78 is 27.0. The molecule has 0 spiro atoms. The van der Waals surface area contributed by atoms with Crippen molar-refractivity contribution in [3.63, 3.8) is 0 Å². The van der Waals surface area contributed by atoms with E-state index in [1.807, 2.05) is 0 Å². The van der Waals surface area contributed by atoms with Gasteiger partial charge in [0.05, 0.1) is 5.75 Å². The van der Waals surface area contributed by atoms with E-state index in [0.29, 0.717) is 6.42 Å². The molecule has 162 valence electrons. The highest BCUT2D eigenvalue weighted by Gasteiger charge is 2.13. The Hall–Kier alpha value is -0.460. The first-order chi connectivity index (χ1) is 13.0. The van der Waals surface area contributed by atoms with Crippen molar-refractivity contribution in [1.29, 1.82) is 0 Å². The molecule has 0 amide bonds. The van der Waals surface area contributed by atoms with Gasteiger partial charge in [-0.1, -0.05) is 96.8 Å². The van der Waals surface area contributed by atoms with Gasteiger partial charge in [0.25, 0.3) is 10.1 Å². The molecule has 0 fully saturated rings. The van der Waals surface area contributed by atoms with Gasteiger partial charge in [0.15, 0.2) is 0 Å². The van der Waals surface area contributed by atoms with Gasteiger partial charge in [0.2, 0.25) is 0 Å². The van der Waals surface area contributed by atoms with Gasteiger partial charge < -0.3 is 0 Å². The Bertz CT molecular complexity index is 437. The molecule has 0 aliphatic rings. The van der Waals surface area contributed by atoms with Crippen molar-refractivity contribution in [3.05, 3.63) is 0 Å². The molecule has 0 aromatic carbocycles. The average molecular weight is 406 g/mol. The molecule has 0 aromatic rings. The van der Waals surface area contributed by atoms with E-state index >= 15 is 0 Å². The molecule has 0 saturated carbocycles. The number of carbonyl (C=O) groups is 1. The molecule has 27 heavy (non-hydrogen) atoms. The van der Waals surface area contributed by atoms with Gasteiger partial charge >= 0.3 is 0 Å². The van der Waals surface area contributed by atoms with Crippen LogP contribution in [0.3, 0.4) is 0 Å². The van der Waals surface area contributed by atoms with E-state index in [2.05, 4.69) is 16.7 Å². The maximum atomic E-state index is 11.7. The molecule has 0 bridgehead atoms.